The van der Waals surface area contributed by atoms with E-state index < -0.39 is 46.9 Å². The van der Waals surface area contributed by atoms with Crippen LogP contribution in [-0.4, -0.2) is 35.4 Å². The summed E-state index contributed by atoms with van der Waals surface area (Å²) in [4.78, 5) is 46.2. The van der Waals surface area contributed by atoms with Gasteiger partial charge in [0.1, 0.15) is 6.54 Å². The topological polar surface area (TPSA) is 128 Å². The first-order chi connectivity index (χ1) is 14.9. The minimum Gasteiger partial charge on any atom is -0.451 e. The molecule has 1 unspecified atom stereocenters. The number of anilines is 1. The van der Waals surface area contributed by atoms with E-state index in [4.69, 9.17) is 4.74 Å². The van der Waals surface area contributed by atoms with Gasteiger partial charge in [0.05, 0.1) is 4.92 Å². The molecule has 0 saturated heterocycles. The van der Waals surface area contributed by atoms with Crippen molar-refractivity contribution in [3.05, 3.63) is 69.5 Å². The fraction of sp³-hybridized carbons (Fsp3) is 0.318. The van der Waals surface area contributed by atoms with E-state index in [1.807, 2.05) is 32.9 Å². The molecule has 2 aromatic rings. The fourth-order valence-electron chi connectivity index (χ4n) is 2.64. The molecule has 0 aromatic heterocycles. The van der Waals surface area contributed by atoms with E-state index in [-0.39, 0.29) is 11.1 Å². The Hall–Kier alpha value is -3.82. The van der Waals surface area contributed by atoms with Crippen molar-refractivity contribution in [3.63, 3.8) is 0 Å². The van der Waals surface area contributed by atoms with Crippen LogP contribution in [0.4, 0.5) is 15.8 Å². The molecule has 0 spiro atoms. The van der Waals surface area contributed by atoms with E-state index in [1.165, 1.54) is 6.92 Å². The Labute approximate surface area is 184 Å². The number of rotatable bonds is 7. The average Bonchev–Trinajstić information content (AvgIpc) is 2.72. The average molecular weight is 445 g/mol. The van der Waals surface area contributed by atoms with E-state index in [2.05, 4.69) is 10.6 Å². The zero-order valence-corrected chi connectivity index (χ0v) is 18.1. The molecular weight excluding hydrogens is 421 g/mol. The summed E-state index contributed by atoms with van der Waals surface area (Å²) >= 11 is 0. The third kappa shape index (κ3) is 6.59. The smallest absolute Gasteiger partial charge is 0.326 e. The third-order valence-electron chi connectivity index (χ3n) is 4.49. The van der Waals surface area contributed by atoms with Crippen molar-refractivity contribution in [2.75, 3.05) is 11.9 Å². The van der Waals surface area contributed by atoms with E-state index in [9.17, 15) is 28.9 Å². The van der Waals surface area contributed by atoms with Gasteiger partial charge in [-0.25, -0.2) is 0 Å². The van der Waals surface area contributed by atoms with Gasteiger partial charge in [0.2, 0.25) is 5.82 Å². The summed E-state index contributed by atoms with van der Waals surface area (Å²) in [6, 6.07) is 9.80. The van der Waals surface area contributed by atoms with Gasteiger partial charge in [-0.3, -0.25) is 24.5 Å². The first-order valence-corrected chi connectivity index (χ1v) is 9.71. The minimum absolute atomic E-state index is 0.0296. The van der Waals surface area contributed by atoms with E-state index in [0.717, 1.165) is 23.8 Å². The first-order valence-electron chi connectivity index (χ1n) is 9.71. The maximum Gasteiger partial charge on any atom is 0.326 e. The second kappa shape index (κ2) is 9.99. The highest BCUT2D eigenvalue weighted by Gasteiger charge is 2.21. The van der Waals surface area contributed by atoms with Gasteiger partial charge in [-0.1, -0.05) is 32.9 Å². The van der Waals surface area contributed by atoms with Crippen LogP contribution < -0.4 is 10.6 Å². The molecule has 2 N–H and O–H groups in total. The van der Waals surface area contributed by atoms with Crippen molar-refractivity contribution in [1.82, 2.24) is 5.32 Å². The third-order valence-corrected chi connectivity index (χ3v) is 4.49. The zero-order chi connectivity index (χ0) is 24.1. The minimum atomic E-state index is -1.26. The van der Waals surface area contributed by atoms with Crippen LogP contribution in [0.2, 0.25) is 0 Å². The highest BCUT2D eigenvalue weighted by molar-refractivity contribution is 5.97. The Morgan fingerprint density at radius 3 is 2.31 bits per heavy atom. The van der Waals surface area contributed by atoms with Crippen LogP contribution in [0.25, 0.3) is 0 Å². The summed E-state index contributed by atoms with van der Waals surface area (Å²) in [6.45, 7) is 6.98. The van der Waals surface area contributed by atoms with Gasteiger partial charge in [-0.05, 0) is 42.2 Å². The lowest BCUT2D eigenvalue weighted by Gasteiger charge is -2.19. The summed E-state index contributed by atoms with van der Waals surface area (Å²) < 4.78 is 18.3. The molecular formula is C22H24FN3O6. The molecule has 0 fully saturated rings. The van der Waals surface area contributed by atoms with Crippen molar-refractivity contribution in [2.45, 2.75) is 39.2 Å². The fourth-order valence-corrected chi connectivity index (χ4v) is 2.64. The molecule has 170 valence electrons. The number of benzene rings is 2. The molecule has 0 aliphatic rings. The van der Waals surface area contributed by atoms with Crippen LogP contribution in [0, 0.1) is 15.9 Å². The lowest BCUT2D eigenvalue weighted by molar-refractivity contribution is -0.387. The van der Waals surface area contributed by atoms with Crippen LogP contribution in [0.1, 0.15) is 43.6 Å². The number of nitro groups is 1. The summed E-state index contributed by atoms with van der Waals surface area (Å²) in [5.74, 6) is -3.14. The Bertz CT molecular complexity index is 1030. The number of hydrogen-bond acceptors (Lipinski definition) is 6. The number of halogens is 1. The Morgan fingerprint density at radius 2 is 1.75 bits per heavy atom. The predicted octanol–water partition coefficient (Wildman–Crippen LogP) is 3.33. The van der Waals surface area contributed by atoms with E-state index in [0.29, 0.717) is 5.56 Å². The highest BCUT2D eigenvalue weighted by Crippen LogP contribution is 2.23. The van der Waals surface area contributed by atoms with Gasteiger partial charge < -0.3 is 15.4 Å². The normalized spacial score (nSPS) is 11.9. The van der Waals surface area contributed by atoms with Gasteiger partial charge in [-0.2, -0.15) is 4.39 Å². The van der Waals surface area contributed by atoms with Crippen LogP contribution in [0.5, 0.6) is 0 Å². The second-order valence-corrected chi connectivity index (χ2v) is 8.05. The quantitative estimate of drug-likeness (QED) is 0.382. The molecule has 0 radical (unpaired) electrons. The SMILES string of the molecule is CC(OC(=O)CNC(=O)c1ccc(C(C)(C)C)cc1)C(=O)Nc1ccc(F)c([N+](=O)[O-])c1. The van der Waals surface area contributed by atoms with Crippen molar-refractivity contribution < 1.29 is 28.4 Å². The summed E-state index contributed by atoms with van der Waals surface area (Å²) in [5.41, 5.74) is 0.534. The molecule has 1 atom stereocenters. The van der Waals surface area contributed by atoms with Crippen LogP contribution in [0.15, 0.2) is 42.5 Å². The van der Waals surface area contributed by atoms with Crippen LogP contribution in [0.3, 0.4) is 0 Å². The number of ether oxygens (including phenoxy) is 1. The number of nitro benzene ring substituents is 1. The molecule has 0 saturated carbocycles. The monoisotopic (exact) mass is 445 g/mol. The number of nitrogens with one attached hydrogen (secondary N) is 2. The molecule has 2 rings (SSSR count). The second-order valence-electron chi connectivity index (χ2n) is 8.05. The van der Waals surface area contributed by atoms with E-state index in [1.54, 1.807) is 12.1 Å². The number of carbonyl (C=O) groups excluding carboxylic acids is 3. The van der Waals surface area contributed by atoms with Gasteiger partial charge in [0.25, 0.3) is 11.8 Å². The summed E-state index contributed by atoms with van der Waals surface area (Å²) in [5, 5.41) is 15.5. The molecule has 9 nitrogen and oxygen atoms in total. The number of hydrogen-bond donors (Lipinski definition) is 2. The Morgan fingerprint density at radius 1 is 1.12 bits per heavy atom. The molecule has 0 aliphatic carbocycles. The molecule has 10 heteroatoms. The van der Waals surface area contributed by atoms with Crippen molar-refractivity contribution in [3.8, 4) is 0 Å². The standard InChI is InChI=1S/C22H24FN3O6/c1-13(20(28)25-16-9-10-17(23)18(11-16)26(30)31)32-19(27)12-24-21(29)14-5-7-15(8-6-14)22(2,3)4/h5-11,13H,12H2,1-4H3,(H,24,29)(H,25,28). The molecule has 2 aromatic carbocycles. The Kier molecular flexibility index (Phi) is 7.63. The zero-order valence-electron chi connectivity index (χ0n) is 18.1. The summed E-state index contributed by atoms with van der Waals surface area (Å²) in [7, 11) is 0. The molecule has 0 bridgehead atoms. The molecule has 0 aliphatic heterocycles. The Balaban J connectivity index is 1.87. The van der Waals surface area contributed by atoms with Crippen LogP contribution in [-0.2, 0) is 19.7 Å². The first kappa shape index (κ1) is 24.4. The maximum atomic E-state index is 13.4. The van der Waals surface area contributed by atoms with Crippen molar-refractivity contribution in [1.29, 1.82) is 0 Å². The lowest BCUT2D eigenvalue weighted by atomic mass is 9.87. The van der Waals surface area contributed by atoms with E-state index >= 15 is 0 Å². The maximum absolute atomic E-state index is 13.4. The number of nitrogens with zero attached hydrogens (tertiary/aromatic N) is 1. The van der Waals surface area contributed by atoms with Gasteiger partial charge >= 0.3 is 11.7 Å². The van der Waals surface area contributed by atoms with Crippen molar-refractivity contribution in [2.24, 2.45) is 0 Å². The highest BCUT2D eigenvalue weighted by atomic mass is 19.1. The van der Waals surface area contributed by atoms with Crippen LogP contribution >= 0.6 is 0 Å². The molecule has 0 heterocycles. The predicted molar refractivity (Wildman–Crippen MR) is 115 cm³/mol. The molecule has 32 heavy (non-hydrogen) atoms. The molecule has 2 amide bonds. The summed E-state index contributed by atoms with van der Waals surface area (Å²) in [6.07, 6.45) is -1.26. The van der Waals surface area contributed by atoms with Gasteiger partial charge in [0.15, 0.2) is 6.10 Å². The number of carbonyl (C=O) groups is 3. The lowest BCUT2D eigenvalue weighted by Crippen LogP contribution is -2.35. The largest absolute Gasteiger partial charge is 0.451 e. The van der Waals surface area contributed by atoms with Crippen molar-refractivity contribution >= 4 is 29.2 Å². The number of amides is 2. The number of esters is 1. The van der Waals surface area contributed by atoms with Gasteiger partial charge in [-0.15, -0.1) is 0 Å². The van der Waals surface area contributed by atoms with Gasteiger partial charge in [0, 0.05) is 17.3 Å².